The molecule has 0 aromatic heterocycles. The molecule has 0 spiro atoms. The van der Waals surface area contributed by atoms with Gasteiger partial charge in [-0.3, -0.25) is 9.52 Å². The van der Waals surface area contributed by atoms with Crippen LogP contribution in [0, 0.1) is 6.92 Å². The third-order valence-corrected chi connectivity index (χ3v) is 5.55. The van der Waals surface area contributed by atoms with Crippen LogP contribution < -0.4 is 10.0 Å². The average Bonchev–Trinajstić information content (AvgIpc) is 2.68. The molecule has 3 rings (SSSR count). The molecule has 0 atom stereocenters. The molecular weight excluding hydrogens is 360 g/mol. The summed E-state index contributed by atoms with van der Waals surface area (Å²) >= 11 is 0. The molecule has 0 radical (unpaired) electrons. The zero-order valence-electron chi connectivity index (χ0n) is 14.8. The van der Waals surface area contributed by atoms with Gasteiger partial charge in [0, 0.05) is 17.8 Å². The minimum atomic E-state index is -3.70. The maximum atomic E-state index is 12.4. The number of para-hydroxylation sites is 1. The predicted octanol–water partition coefficient (Wildman–Crippen LogP) is 3.73. The topological polar surface area (TPSA) is 75.3 Å². The highest BCUT2D eigenvalue weighted by atomic mass is 32.2. The molecule has 0 aliphatic rings. The van der Waals surface area contributed by atoms with Gasteiger partial charge in [-0.1, -0.05) is 42.5 Å². The number of carbonyl (C=O) groups is 1. The first-order chi connectivity index (χ1) is 13.0. The van der Waals surface area contributed by atoms with Gasteiger partial charge >= 0.3 is 0 Å². The summed E-state index contributed by atoms with van der Waals surface area (Å²) in [5, 5.41) is 2.85. The molecule has 0 saturated heterocycles. The number of benzene rings is 3. The normalized spacial score (nSPS) is 11.0. The van der Waals surface area contributed by atoms with Crippen LogP contribution in [0.25, 0.3) is 0 Å². The summed E-state index contributed by atoms with van der Waals surface area (Å²) in [6.07, 6.45) is 0. The number of rotatable bonds is 6. The van der Waals surface area contributed by atoms with Crippen molar-refractivity contribution in [2.24, 2.45) is 0 Å². The number of anilines is 1. The Labute approximate surface area is 159 Å². The summed E-state index contributed by atoms with van der Waals surface area (Å²) in [6.45, 7) is 2.40. The molecule has 138 valence electrons. The van der Waals surface area contributed by atoms with E-state index in [0.717, 1.165) is 11.1 Å². The maximum absolute atomic E-state index is 12.4. The Morgan fingerprint density at radius 2 is 1.48 bits per heavy atom. The van der Waals surface area contributed by atoms with E-state index in [2.05, 4.69) is 10.0 Å². The summed E-state index contributed by atoms with van der Waals surface area (Å²) in [4.78, 5) is 12.4. The highest BCUT2D eigenvalue weighted by Crippen LogP contribution is 2.16. The number of aryl methyl sites for hydroxylation is 1. The monoisotopic (exact) mass is 380 g/mol. The molecular formula is C21H20N2O3S. The second kappa shape index (κ2) is 8.05. The Hall–Kier alpha value is -3.12. The van der Waals surface area contributed by atoms with E-state index >= 15 is 0 Å². The minimum Gasteiger partial charge on any atom is -0.348 e. The SMILES string of the molecule is Cc1ccccc1CNC(=O)c1ccc(S(=O)(=O)Nc2ccccc2)cc1. The van der Waals surface area contributed by atoms with Gasteiger partial charge in [0.05, 0.1) is 4.90 Å². The van der Waals surface area contributed by atoms with Gasteiger partial charge in [-0.15, -0.1) is 0 Å². The molecule has 0 aliphatic carbocycles. The van der Waals surface area contributed by atoms with Crippen LogP contribution in [0.2, 0.25) is 0 Å². The highest BCUT2D eigenvalue weighted by molar-refractivity contribution is 7.92. The molecule has 0 saturated carbocycles. The van der Waals surface area contributed by atoms with Crippen molar-refractivity contribution in [3.8, 4) is 0 Å². The molecule has 2 N–H and O–H groups in total. The van der Waals surface area contributed by atoms with E-state index in [9.17, 15) is 13.2 Å². The number of hydrogen-bond donors (Lipinski definition) is 2. The zero-order chi connectivity index (χ0) is 19.3. The summed E-state index contributed by atoms with van der Waals surface area (Å²) in [7, 11) is -3.70. The van der Waals surface area contributed by atoms with E-state index in [1.807, 2.05) is 37.3 Å². The van der Waals surface area contributed by atoms with Crippen molar-refractivity contribution in [1.82, 2.24) is 5.32 Å². The average molecular weight is 380 g/mol. The second-order valence-electron chi connectivity index (χ2n) is 6.11. The van der Waals surface area contributed by atoms with Gasteiger partial charge in [-0.05, 0) is 54.4 Å². The minimum absolute atomic E-state index is 0.0989. The smallest absolute Gasteiger partial charge is 0.261 e. The molecule has 0 unspecified atom stereocenters. The Bertz CT molecular complexity index is 1030. The van der Waals surface area contributed by atoms with Gasteiger partial charge < -0.3 is 5.32 Å². The summed E-state index contributed by atoms with van der Waals surface area (Å²) < 4.78 is 27.3. The molecule has 3 aromatic rings. The molecule has 5 nitrogen and oxygen atoms in total. The molecule has 0 aliphatic heterocycles. The fourth-order valence-electron chi connectivity index (χ4n) is 2.59. The van der Waals surface area contributed by atoms with Crippen LogP contribution in [0.3, 0.4) is 0 Å². The Balaban J connectivity index is 1.67. The largest absolute Gasteiger partial charge is 0.348 e. The molecule has 3 aromatic carbocycles. The highest BCUT2D eigenvalue weighted by Gasteiger charge is 2.15. The van der Waals surface area contributed by atoms with Crippen LogP contribution >= 0.6 is 0 Å². The van der Waals surface area contributed by atoms with Gasteiger partial charge in [0.2, 0.25) is 0 Å². The summed E-state index contributed by atoms with van der Waals surface area (Å²) in [5.41, 5.74) is 3.03. The molecule has 0 heterocycles. The fraction of sp³-hybridized carbons (Fsp3) is 0.0952. The van der Waals surface area contributed by atoms with Crippen LogP contribution in [-0.2, 0) is 16.6 Å². The quantitative estimate of drug-likeness (QED) is 0.684. The van der Waals surface area contributed by atoms with Crippen LogP contribution in [0.15, 0.2) is 83.8 Å². The number of carbonyl (C=O) groups excluding carboxylic acids is 1. The first kappa shape index (κ1) is 18.7. The van der Waals surface area contributed by atoms with Crippen molar-refractivity contribution in [2.75, 3.05) is 4.72 Å². The second-order valence-corrected chi connectivity index (χ2v) is 7.79. The van der Waals surface area contributed by atoms with Gasteiger partial charge in [-0.2, -0.15) is 0 Å². The third kappa shape index (κ3) is 4.74. The van der Waals surface area contributed by atoms with Gasteiger partial charge in [0.25, 0.3) is 15.9 Å². The summed E-state index contributed by atoms with van der Waals surface area (Å²) in [5.74, 6) is -0.252. The lowest BCUT2D eigenvalue weighted by atomic mass is 10.1. The van der Waals surface area contributed by atoms with Gasteiger partial charge in [0.1, 0.15) is 0 Å². The molecule has 1 amide bonds. The molecule has 6 heteroatoms. The first-order valence-corrected chi connectivity index (χ1v) is 9.95. The van der Waals surface area contributed by atoms with Crippen molar-refractivity contribution in [3.05, 3.63) is 95.6 Å². The van der Waals surface area contributed by atoms with E-state index < -0.39 is 10.0 Å². The van der Waals surface area contributed by atoms with E-state index in [0.29, 0.717) is 17.8 Å². The van der Waals surface area contributed by atoms with Crippen molar-refractivity contribution in [1.29, 1.82) is 0 Å². The van der Waals surface area contributed by atoms with Crippen LogP contribution in [-0.4, -0.2) is 14.3 Å². The Morgan fingerprint density at radius 1 is 0.852 bits per heavy atom. The maximum Gasteiger partial charge on any atom is 0.261 e. The van der Waals surface area contributed by atoms with Crippen molar-refractivity contribution >= 4 is 21.6 Å². The van der Waals surface area contributed by atoms with Crippen LogP contribution in [0.4, 0.5) is 5.69 Å². The van der Waals surface area contributed by atoms with E-state index in [4.69, 9.17) is 0 Å². The lowest BCUT2D eigenvalue weighted by molar-refractivity contribution is 0.0951. The van der Waals surface area contributed by atoms with Crippen molar-refractivity contribution in [2.45, 2.75) is 18.4 Å². The fourth-order valence-corrected chi connectivity index (χ4v) is 3.65. The van der Waals surface area contributed by atoms with Gasteiger partial charge in [0.15, 0.2) is 0 Å². The molecule has 27 heavy (non-hydrogen) atoms. The van der Waals surface area contributed by atoms with Crippen LogP contribution in [0.5, 0.6) is 0 Å². The van der Waals surface area contributed by atoms with E-state index in [-0.39, 0.29) is 10.8 Å². The molecule has 0 fully saturated rings. The van der Waals surface area contributed by atoms with E-state index in [1.165, 1.54) is 24.3 Å². The summed E-state index contributed by atoms with van der Waals surface area (Å²) in [6, 6.07) is 22.3. The predicted molar refractivity (Wildman–Crippen MR) is 106 cm³/mol. The first-order valence-electron chi connectivity index (χ1n) is 8.46. The lowest BCUT2D eigenvalue weighted by Gasteiger charge is -2.10. The van der Waals surface area contributed by atoms with Crippen molar-refractivity contribution in [3.63, 3.8) is 0 Å². The standard InChI is InChI=1S/C21H20N2O3S/c1-16-7-5-6-8-18(16)15-22-21(24)17-11-13-20(14-12-17)27(25,26)23-19-9-3-2-4-10-19/h2-14,23H,15H2,1H3,(H,22,24). The number of amides is 1. The third-order valence-electron chi connectivity index (χ3n) is 4.15. The number of sulfonamides is 1. The van der Waals surface area contributed by atoms with Crippen LogP contribution in [0.1, 0.15) is 21.5 Å². The molecule has 0 bridgehead atoms. The Kier molecular flexibility index (Phi) is 5.57. The van der Waals surface area contributed by atoms with Gasteiger partial charge in [-0.25, -0.2) is 8.42 Å². The Morgan fingerprint density at radius 3 is 2.15 bits per heavy atom. The number of nitrogens with one attached hydrogen (secondary N) is 2. The number of hydrogen-bond acceptors (Lipinski definition) is 3. The van der Waals surface area contributed by atoms with Crippen molar-refractivity contribution < 1.29 is 13.2 Å². The lowest BCUT2D eigenvalue weighted by Crippen LogP contribution is -2.23. The van der Waals surface area contributed by atoms with E-state index in [1.54, 1.807) is 24.3 Å². The zero-order valence-corrected chi connectivity index (χ0v) is 15.7.